The Morgan fingerprint density at radius 2 is 1.24 bits per heavy atom. The summed E-state index contributed by atoms with van der Waals surface area (Å²) < 4.78 is 10.5. The third-order valence-electron chi connectivity index (χ3n) is 6.66. The van der Waals surface area contributed by atoms with Crippen LogP contribution in [0.5, 0.6) is 0 Å². The van der Waals surface area contributed by atoms with Gasteiger partial charge >= 0.3 is 5.97 Å². The van der Waals surface area contributed by atoms with E-state index in [4.69, 9.17) is 9.47 Å². The van der Waals surface area contributed by atoms with Crippen molar-refractivity contribution in [1.29, 1.82) is 0 Å². The number of hydrogen-bond acceptors (Lipinski definition) is 3. The molecule has 3 heteroatoms. The van der Waals surface area contributed by atoms with Crippen molar-refractivity contribution in [2.45, 2.75) is 110 Å². The van der Waals surface area contributed by atoms with Crippen LogP contribution in [0.15, 0.2) is 0 Å². The Bertz CT molecular complexity index is 359. The number of ether oxygens (including phenoxy) is 2. The van der Waals surface area contributed by atoms with E-state index in [-0.39, 0.29) is 12.1 Å². The number of rotatable bonds is 3. The molecule has 0 aromatic heterocycles. The van der Waals surface area contributed by atoms with E-state index >= 15 is 0 Å². The standard InChI is InChI=1S/C14H24O2.C8H16O/c1-11(15)16-14-9-7-13(8-10-14)12-5-3-2-4-6-12;1-7-3-5-8(9-2)6-4-7/h12-14H,2-10H2,1H3;7-8H,3-6H2,1-2H3. The number of hydrogen-bond donors (Lipinski definition) is 0. The SMILES string of the molecule is CC(=O)OC1CCC(C2CCCCC2)CC1.COC1CCC(C)CC1. The molecule has 0 heterocycles. The fourth-order valence-corrected chi connectivity index (χ4v) is 4.98. The first-order chi connectivity index (χ1) is 12.1. The molecule has 3 rings (SSSR count). The second-order valence-electron chi connectivity index (χ2n) is 8.66. The van der Waals surface area contributed by atoms with Gasteiger partial charge in [-0.2, -0.15) is 0 Å². The van der Waals surface area contributed by atoms with Crippen molar-refractivity contribution in [3.63, 3.8) is 0 Å². The van der Waals surface area contributed by atoms with Gasteiger partial charge in [-0.15, -0.1) is 0 Å². The number of esters is 1. The molecule has 0 N–H and O–H groups in total. The maximum absolute atomic E-state index is 10.9. The van der Waals surface area contributed by atoms with Crippen molar-refractivity contribution in [2.75, 3.05) is 7.11 Å². The van der Waals surface area contributed by atoms with Crippen LogP contribution in [0.4, 0.5) is 0 Å². The van der Waals surface area contributed by atoms with Gasteiger partial charge < -0.3 is 9.47 Å². The fraction of sp³-hybridized carbons (Fsp3) is 0.955. The summed E-state index contributed by atoms with van der Waals surface area (Å²) in [6, 6.07) is 0. The van der Waals surface area contributed by atoms with Crippen LogP contribution in [0.2, 0.25) is 0 Å². The number of methoxy groups -OCH3 is 1. The van der Waals surface area contributed by atoms with Crippen molar-refractivity contribution in [1.82, 2.24) is 0 Å². The summed E-state index contributed by atoms with van der Waals surface area (Å²) in [5.74, 6) is 2.73. The molecule has 0 radical (unpaired) electrons. The maximum Gasteiger partial charge on any atom is 0.302 e. The second-order valence-corrected chi connectivity index (χ2v) is 8.66. The molecule has 0 bridgehead atoms. The predicted octanol–water partition coefficient (Wildman–Crippen LogP) is 5.90. The van der Waals surface area contributed by atoms with E-state index in [1.165, 1.54) is 77.6 Å². The molecule has 0 aliphatic heterocycles. The third kappa shape index (κ3) is 7.68. The Kier molecular flexibility index (Phi) is 9.30. The molecular formula is C22H40O3. The van der Waals surface area contributed by atoms with Crippen molar-refractivity contribution in [3.05, 3.63) is 0 Å². The largest absolute Gasteiger partial charge is 0.463 e. The summed E-state index contributed by atoms with van der Waals surface area (Å²) in [5, 5.41) is 0. The van der Waals surface area contributed by atoms with Crippen molar-refractivity contribution in [3.8, 4) is 0 Å². The van der Waals surface area contributed by atoms with E-state index in [1.807, 2.05) is 7.11 Å². The molecule has 0 unspecified atom stereocenters. The summed E-state index contributed by atoms with van der Waals surface area (Å²) in [4.78, 5) is 10.9. The lowest BCUT2D eigenvalue weighted by atomic mass is 9.73. The van der Waals surface area contributed by atoms with Gasteiger partial charge in [0.25, 0.3) is 0 Å². The highest BCUT2D eigenvalue weighted by Crippen LogP contribution is 2.38. The monoisotopic (exact) mass is 352 g/mol. The Hall–Kier alpha value is -0.570. The third-order valence-corrected chi connectivity index (χ3v) is 6.66. The molecular weight excluding hydrogens is 312 g/mol. The van der Waals surface area contributed by atoms with E-state index in [0.717, 1.165) is 30.6 Å². The van der Waals surface area contributed by atoms with Crippen LogP contribution in [0.1, 0.15) is 97.3 Å². The average molecular weight is 353 g/mol. The number of carbonyl (C=O) groups is 1. The highest BCUT2D eigenvalue weighted by Gasteiger charge is 2.29. The lowest BCUT2D eigenvalue weighted by molar-refractivity contribution is -0.148. The zero-order valence-electron chi connectivity index (χ0n) is 16.8. The Balaban J connectivity index is 0.000000212. The minimum absolute atomic E-state index is 0.110. The first-order valence-corrected chi connectivity index (χ1v) is 10.8. The predicted molar refractivity (Wildman–Crippen MR) is 103 cm³/mol. The second kappa shape index (κ2) is 11.2. The molecule has 3 aliphatic carbocycles. The molecule has 0 atom stereocenters. The van der Waals surface area contributed by atoms with E-state index in [9.17, 15) is 4.79 Å². The molecule has 3 nitrogen and oxygen atoms in total. The first-order valence-electron chi connectivity index (χ1n) is 10.8. The van der Waals surface area contributed by atoms with Gasteiger partial charge in [0.15, 0.2) is 0 Å². The normalized spacial score (nSPS) is 33.9. The van der Waals surface area contributed by atoms with Crippen LogP contribution in [-0.2, 0) is 14.3 Å². The molecule has 3 aliphatic rings. The Morgan fingerprint density at radius 1 is 0.720 bits per heavy atom. The van der Waals surface area contributed by atoms with Gasteiger partial charge in [0.05, 0.1) is 6.10 Å². The fourth-order valence-electron chi connectivity index (χ4n) is 4.98. The molecule has 146 valence electrons. The Morgan fingerprint density at radius 3 is 1.76 bits per heavy atom. The van der Waals surface area contributed by atoms with E-state index < -0.39 is 0 Å². The van der Waals surface area contributed by atoms with E-state index in [2.05, 4.69) is 6.92 Å². The van der Waals surface area contributed by atoms with Crippen molar-refractivity contribution < 1.29 is 14.3 Å². The minimum atomic E-state index is -0.110. The lowest BCUT2D eigenvalue weighted by Crippen LogP contribution is -2.28. The maximum atomic E-state index is 10.9. The van der Waals surface area contributed by atoms with Crippen LogP contribution >= 0.6 is 0 Å². The summed E-state index contributed by atoms with van der Waals surface area (Å²) in [6.45, 7) is 3.85. The summed E-state index contributed by atoms with van der Waals surface area (Å²) in [7, 11) is 1.82. The number of carbonyl (C=O) groups excluding carboxylic acids is 1. The molecule has 0 spiro atoms. The van der Waals surface area contributed by atoms with Crippen LogP contribution in [0.3, 0.4) is 0 Å². The van der Waals surface area contributed by atoms with Crippen molar-refractivity contribution >= 4 is 5.97 Å². The van der Waals surface area contributed by atoms with Gasteiger partial charge in [-0.25, -0.2) is 0 Å². The highest BCUT2D eigenvalue weighted by molar-refractivity contribution is 5.66. The quantitative estimate of drug-likeness (QED) is 0.593. The molecule has 25 heavy (non-hydrogen) atoms. The summed E-state index contributed by atoms with van der Waals surface area (Å²) in [6.07, 6.45) is 18.0. The van der Waals surface area contributed by atoms with Crippen LogP contribution < -0.4 is 0 Å². The van der Waals surface area contributed by atoms with Gasteiger partial charge in [0, 0.05) is 14.0 Å². The summed E-state index contributed by atoms with van der Waals surface area (Å²) >= 11 is 0. The molecule has 3 saturated carbocycles. The van der Waals surface area contributed by atoms with Gasteiger partial charge in [0.1, 0.15) is 6.10 Å². The van der Waals surface area contributed by atoms with Gasteiger partial charge in [0.2, 0.25) is 0 Å². The van der Waals surface area contributed by atoms with Crippen molar-refractivity contribution in [2.24, 2.45) is 17.8 Å². The van der Waals surface area contributed by atoms with E-state index in [1.54, 1.807) is 0 Å². The molecule has 3 fully saturated rings. The van der Waals surface area contributed by atoms with Gasteiger partial charge in [-0.1, -0.05) is 39.0 Å². The van der Waals surface area contributed by atoms with Crippen LogP contribution in [0.25, 0.3) is 0 Å². The average Bonchev–Trinajstić information content (AvgIpc) is 2.64. The zero-order chi connectivity index (χ0) is 18.1. The van der Waals surface area contributed by atoms with E-state index in [0.29, 0.717) is 6.10 Å². The van der Waals surface area contributed by atoms with Crippen LogP contribution in [-0.4, -0.2) is 25.3 Å². The minimum Gasteiger partial charge on any atom is -0.463 e. The van der Waals surface area contributed by atoms with Crippen LogP contribution in [0, 0.1) is 17.8 Å². The molecule has 0 saturated heterocycles. The molecule has 0 aromatic carbocycles. The van der Waals surface area contributed by atoms with Gasteiger partial charge in [-0.05, 0) is 69.1 Å². The highest BCUT2D eigenvalue weighted by atomic mass is 16.5. The van der Waals surface area contributed by atoms with Gasteiger partial charge in [-0.3, -0.25) is 4.79 Å². The zero-order valence-corrected chi connectivity index (χ0v) is 16.8. The molecule has 0 aromatic rings. The first kappa shape index (κ1) is 20.7. The lowest BCUT2D eigenvalue weighted by Gasteiger charge is -2.35. The molecule has 0 amide bonds. The topological polar surface area (TPSA) is 35.5 Å². The Labute approximate surface area is 155 Å². The summed E-state index contributed by atoms with van der Waals surface area (Å²) in [5.41, 5.74) is 0. The smallest absolute Gasteiger partial charge is 0.302 e.